The summed E-state index contributed by atoms with van der Waals surface area (Å²) in [5, 5.41) is 14.1. The van der Waals surface area contributed by atoms with Crippen molar-refractivity contribution in [3.63, 3.8) is 0 Å². The fraction of sp³-hybridized carbons (Fsp3) is 0.556. The van der Waals surface area contributed by atoms with Gasteiger partial charge in [-0.25, -0.2) is 0 Å². The lowest BCUT2D eigenvalue weighted by Crippen LogP contribution is -2.52. The first-order valence-corrected chi connectivity index (χ1v) is 7.64. The zero-order chi connectivity index (χ0) is 15.5. The minimum absolute atomic E-state index is 0.171. The van der Waals surface area contributed by atoms with E-state index in [0.717, 1.165) is 12.2 Å². The molecule has 3 atom stereocenters. The van der Waals surface area contributed by atoms with Crippen molar-refractivity contribution >= 4 is 5.69 Å². The molecule has 0 amide bonds. The average molecular weight is 286 g/mol. The van der Waals surface area contributed by atoms with Crippen LogP contribution in [0.5, 0.6) is 0 Å². The molecule has 0 radical (unpaired) electrons. The van der Waals surface area contributed by atoms with Gasteiger partial charge in [-0.05, 0) is 32.5 Å². The number of para-hydroxylation sites is 1. The quantitative estimate of drug-likeness (QED) is 0.820. The number of nitrogens with one attached hydrogen (secondary N) is 1. The van der Waals surface area contributed by atoms with Crippen LogP contribution in [-0.4, -0.2) is 41.8 Å². The number of aliphatic hydroxyl groups is 1. The third-order valence-electron chi connectivity index (χ3n) is 4.55. The maximum Gasteiger partial charge on any atom is 0.130 e. The Kier molecular flexibility index (Phi) is 4.92. The van der Waals surface area contributed by atoms with Crippen LogP contribution in [0.3, 0.4) is 0 Å². The molecule has 0 aliphatic carbocycles. The normalized spacial score (nSPS) is 29.6. The molecule has 1 aromatic rings. The minimum Gasteiger partial charge on any atom is -0.377 e. The van der Waals surface area contributed by atoms with E-state index in [1.54, 1.807) is 0 Å². The number of nitrogens with zero attached hydrogens (tertiary/aromatic N) is 1. The summed E-state index contributed by atoms with van der Waals surface area (Å²) in [6.07, 6.45) is 0.710. The summed E-state index contributed by atoms with van der Waals surface area (Å²) in [4.78, 5) is 2.28. The SMILES string of the molecule is Cc1ccccc1NCC#CC1(O)CC(C)N(C)CC1C. The van der Waals surface area contributed by atoms with E-state index in [-0.39, 0.29) is 5.92 Å². The second-order valence-corrected chi connectivity index (χ2v) is 6.29. The highest BCUT2D eigenvalue weighted by atomic mass is 16.3. The maximum atomic E-state index is 10.8. The van der Waals surface area contributed by atoms with Gasteiger partial charge in [0.2, 0.25) is 0 Å². The molecular weight excluding hydrogens is 260 g/mol. The minimum atomic E-state index is -0.862. The third-order valence-corrected chi connectivity index (χ3v) is 4.55. The molecule has 1 saturated heterocycles. The maximum absolute atomic E-state index is 10.8. The van der Waals surface area contributed by atoms with E-state index in [2.05, 4.69) is 55.9 Å². The van der Waals surface area contributed by atoms with Crippen molar-refractivity contribution in [3.8, 4) is 11.8 Å². The predicted octanol–water partition coefficient (Wildman–Crippen LogP) is 2.50. The average Bonchev–Trinajstić information content (AvgIpc) is 2.43. The first kappa shape index (κ1) is 15.9. The van der Waals surface area contributed by atoms with E-state index in [1.165, 1.54) is 5.56 Å². The fourth-order valence-corrected chi connectivity index (χ4v) is 2.85. The number of hydrogen-bond donors (Lipinski definition) is 2. The first-order chi connectivity index (χ1) is 9.92. The molecule has 3 unspecified atom stereocenters. The van der Waals surface area contributed by atoms with E-state index >= 15 is 0 Å². The number of aryl methyl sites for hydroxylation is 1. The number of anilines is 1. The lowest BCUT2D eigenvalue weighted by atomic mass is 9.79. The van der Waals surface area contributed by atoms with Crippen molar-refractivity contribution in [1.29, 1.82) is 0 Å². The molecule has 2 N–H and O–H groups in total. The smallest absolute Gasteiger partial charge is 0.130 e. The summed E-state index contributed by atoms with van der Waals surface area (Å²) in [6, 6.07) is 8.52. The van der Waals surface area contributed by atoms with Crippen LogP contribution >= 0.6 is 0 Å². The van der Waals surface area contributed by atoms with Gasteiger partial charge in [0, 0.05) is 30.6 Å². The van der Waals surface area contributed by atoms with E-state index < -0.39 is 5.60 Å². The molecule has 114 valence electrons. The van der Waals surface area contributed by atoms with E-state index in [4.69, 9.17) is 0 Å². The van der Waals surface area contributed by atoms with Gasteiger partial charge in [0.25, 0.3) is 0 Å². The molecular formula is C18H26N2O. The molecule has 2 rings (SSSR count). The summed E-state index contributed by atoms with van der Waals surface area (Å²) in [6.45, 7) is 7.74. The van der Waals surface area contributed by atoms with Gasteiger partial charge in [0.15, 0.2) is 0 Å². The van der Waals surface area contributed by atoms with Crippen LogP contribution in [-0.2, 0) is 0 Å². The molecule has 0 bridgehead atoms. The zero-order valence-electron chi connectivity index (χ0n) is 13.5. The molecule has 0 spiro atoms. The summed E-state index contributed by atoms with van der Waals surface area (Å²) in [7, 11) is 2.11. The van der Waals surface area contributed by atoms with Crippen LogP contribution in [0.25, 0.3) is 0 Å². The Morgan fingerprint density at radius 2 is 2.10 bits per heavy atom. The van der Waals surface area contributed by atoms with Crippen molar-refractivity contribution in [1.82, 2.24) is 4.90 Å². The van der Waals surface area contributed by atoms with Crippen LogP contribution in [0.1, 0.15) is 25.8 Å². The Hall–Kier alpha value is -1.50. The van der Waals surface area contributed by atoms with Crippen LogP contribution in [0.4, 0.5) is 5.69 Å². The van der Waals surface area contributed by atoms with Crippen molar-refractivity contribution in [2.45, 2.75) is 38.8 Å². The topological polar surface area (TPSA) is 35.5 Å². The van der Waals surface area contributed by atoms with Gasteiger partial charge in [-0.2, -0.15) is 0 Å². The number of piperidine rings is 1. The number of hydrogen-bond acceptors (Lipinski definition) is 3. The fourth-order valence-electron chi connectivity index (χ4n) is 2.85. The van der Waals surface area contributed by atoms with Gasteiger partial charge < -0.3 is 15.3 Å². The van der Waals surface area contributed by atoms with Gasteiger partial charge in [0.05, 0.1) is 6.54 Å². The third kappa shape index (κ3) is 3.78. The molecule has 1 fully saturated rings. The predicted molar refractivity (Wildman–Crippen MR) is 88.3 cm³/mol. The summed E-state index contributed by atoms with van der Waals surface area (Å²) < 4.78 is 0. The van der Waals surface area contributed by atoms with Crippen LogP contribution in [0, 0.1) is 24.7 Å². The van der Waals surface area contributed by atoms with E-state index in [0.29, 0.717) is 19.0 Å². The van der Waals surface area contributed by atoms with Gasteiger partial charge in [0.1, 0.15) is 5.60 Å². The Morgan fingerprint density at radius 1 is 1.38 bits per heavy atom. The molecule has 3 heteroatoms. The molecule has 1 heterocycles. The number of benzene rings is 1. The molecule has 1 aliphatic heterocycles. The Bertz CT molecular complexity index is 546. The molecule has 1 aliphatic rings. The van der Waals surface area contributed by atoms with E-state index in [9.17, 15) is 5.11 Å². The number of likely N-dealkylation sites (tertiary alicyclic amines) is 1. The second kappa shape index (κ2) is 6.51. The molecule has 0 aromatic heterocycles. The zero-order valence-corrected chi connectivity index (χ0v) is 13.5. The summed E-state index contributed by atoms with van der Waals surface area (Å²) >= 11 is 0. The van der Waals surface area contributed by atoms with Crippen LogP contribution in [0.2, 0.25) is 0 Å². The monoisotopic (exact) mass is 286 g/mol. The lowest BCUT2D eigenvalue weighted by molar-refractivity contribution is -0.0347. The Morgan fingerprint density at radius 3 is 2.81 bits per heavy atom. The molecule has 3 nitrogen and oxygen atoms in total. The highest BCUT2D eigenvalue weighted by Gasteiger charge is 2.39. The lowest BCUT2D eigenvalue weighted by Gasteiger charge is -2.42. The first-order valence-electron chi connectivity index (χ1n) is 7.64. The van der Waals surface area contributed by atoms with Crippen molar-refractivity contribution in [2.24, 2.45) is 5.92 Å². The summed E-state index contributed by atoms with van der Waals surface area (Å²) in [5.41, 5.74) is 1.45. The Balaban J connectivity index is 1.97. The number of rotatable bonds is 2. The molecule has 1 aromatic carbocycles. The van der Waals surface area contributed by atoms with Crippen molar-refractivity contribution in [2.75, 3.05) is 25.5 Å². The highest BCUT2D eigenvalue weighted by Crippen LogP contribution is 2.30. The van der Waals surface area contributed by atoms with Crippen LogP contribution < -0.4 is 5.32 Å². The standard InChI is InChI=1S/C18H26N2O/c1-14-8-5-6-9-17(14)19-11-7-10-18(21)12-16(3)20(4)13-15(18)2/h5-6,8-9,15-16,19,21H,11-13H2,1-4H3. The second-order valence-electron chi connectivity index (χ2n) is 6.29. The van der Waals surface area contributed by atoms with Crippen molar-refractivity contribution in [3.05, 3.63) is 29.8 Å². The highest BCUT2D eigenvalue weighted by molar-refractivity contribution is 5.51. The van der Waals surface area contributed by atoms with Gasteiger partial charge in [-0.3, -0.25) is 0 Å². The Labute approximate surface area is 128 Å². The molecule has 21 heavy (non-hydrogen) atoms. The van der Waals surface area contributed by atoms with E-state index in [1.807, 2.05) is 18.2 Å². The van der Waals surface area contributed by atoms with Crippen LogP contribution in [0.15, 0.2) is 24.3 Å². The summed E-state index contributed by atoms with van der Waals surface area (Å²) in [5.74, 6) is 6.38. The van der Waals surface area contributed by atoms with Gasteiger partial charge in [-0.15, -0.1) is 0 Å². The molecule has 0 saturated carbocycles. The van der Waals surface area contributed by atoms with Gasteiger partial charge >= 0.3 is 0 Å². The van der Waals surface area contributed by atoms with Gasteiger partial charge in [-0.1, -0.05) is 37.0 Å². The van der Waals surface area contributed by atoms with Crippen molar-refractivity contribution < 1.29 is 5.11 Å². The largest absolute Gasteiger partial charge is 0.377 e.